The first-order valence-electron chi connectivity index (χ1n) is 9.24. The van der Waals surface area contributed by atoms with Crippen LogP contribution in [0.25, 0.3) is 0 Å². The topological polar surface area (TPSA) is 58.6 Å². The van der Waals surface area contributed by atoms with Crippen molar-refractivity contribution < 1.29 is 14.3 Å². The maximum absolute atomic E-state index is 12.2. The molecule has 5 nitrogen and oxygen atoms in total. The van der Waals surface area contributed by atoms with Crippen LogP contribution in [-0.2, 0) is 14.9 Å². The zero-order valence-electron chi connectivity index (χ0n) is 16.2. The largest absolute Gasteiger partial charge is 0.450 e. The summed E-state index contributed by atoms with van der Waals surface area (Å²) in [5.41, 5.74) is 1.43. The molecule has 2 rings (SSSR count). The Labute approximate surface area is 160 Å². The summed E-state index contributed by atoms with van der Waals surface area (Å²) >= 11 is 1.55. The highest BCUT2D eigenvalue weighted by molar-refractivity contribution is 8.00. The number of benzene rings is 1. The van der Waals surface area contributed by atoms with Crippen LogP contribution >= 0.6 is 11.8 Å². The normalized spacial score (nSPS) is 15.6. The van der Waals surface area contributed by atoms with E-state index < -0.39 is 0 Å². The number of hydrogen-bond acceptors (Lipinski definition) is 4. The van der Waals surface area contributed by atoms with Crippen molar-refractivity contribution in [3.63, 3.8) is 0 Å². The highest BCUT2D eigenvalue weighted by Gasteiger charge is 2.24. The number of rotatable bonds is 5. The third-order valence-electron chi connectivity index (χ3n) is 4.48. The lowest BCUT2D eigenvalue weighted by atomic mass is 9.87. The van der Waals surface area contributed by atoms with Gasteiger partial charge in [0.25, 0.3) is 0 Å². The van der Waals surface area contributed by atoms with E-state index in [-0.39, 0.29) is 23.5 Å². The zero-order valence-corrected chi connectivity index (χ0v) is 17.0. The SMILES string of the molecule is CCOC(=O)N1CCC(NC(=O)CSc2ccc(C(C)(C)C)cc2)CC1. The molecule has 2 amide bonds. The monoisotopic (exact) mass is 378 g/mol. The summed E-state index contributed by atoms with van der Waals surface area (Å²) < 4.78 is 5.01. The van der Waals surface area contributed by atoms with Gasteiger partial charge in [-0.05, 0) is 42.9 Å². The van der Waals surface area contributed by atoms with E-state index in [1.165, 1.54) is 5.56 Å². The van der Waals surface area contributed by atoms with Crippen LogP contribution in [0.1, 0.15) is 46.1 Å². The highest BCUT2D eigenvalue weighted by Crippen LogP contribution is 2.25. The summed E-state index contributed by atoms with van der Waals surface area (Å²) in [4.78, 5) is 26.7. The van der Waals surface area contributed by atoms with Crippen molar-refractivity contribution in [2.24, 2.45) is 0 Å². The third kappa shape index (κ3) is 6.24. The number of thioether (sulfide) groups is 1. The van der Waals surface area contributed by atoms with Crippen LogP contribution in [0.15, 0.2) is 29.2 Å². The maximum atomic E-state index is 12.2. The molecule has 1 aromatic carbocycles. The fourth-order valence-electron chi connectivity index (χ4n) is 2.89. The molecule has 0 unspecified atom stereocenters. The van der Waals surface area contributed by atoms with Gasteiger partial charge in [0.05, 0.1) is 12.4 Å². The van der Waals surface area contributed by atoms with Crippen molar-refractivity contribution in [3.8, 4) is 0 Å². The van der Waals surface area contributed by atoms with Gasteiger partial charge in [0.1, 0.15) is 0 Å². The summed E-state index contributed by atoms with van der Waals surface area (Å²) in [6, 6.07) is 8.56. The molecule has 0 bridgehead atoms. The van der Waals surface area contributed by atoms with Crippen molar-refractivity contribution in [1.29, 1.82) is 0 Å². The Balaban J connectivity index is 1.72. The molecule has 26 heavy (non-hydrogen) atoms. The van der Waals surface area contributed by atoms with Gasteiger partial charge in [0, 0.05) is 24.0 Å². The lowest BCUT2D eigenvalue weighted by molar-refractivity contribution is -0.119. The second-order valence-corrected chi connectivity index (χ2v) is 8.64. The van der Waals surface area contributed by atoms with Crippen molar-refractivity contribution >= 4 is 23.8 Å². The van der Waals surface area contributed by atoms with E-state index in [1.807, 2.05) is 0 Å². The summed E-state index contributed by atoms with van der Waals surface area (Å²) in [7, 11) is 0. The molecular weight excluding hydrogens is 348 g/mol. The second kappa shape index (κ2) is 9.31. The smallest absolute Gasteiger partial charge is 0.409 e. The lowest BCUT2D eigenvalue weighted by Gasteiger charge is -2.31. The van der Waals surface area contributed by atoms with E-state index in [2.05, 4.69) is 50.4 Å². The highest BCUT2D eigenvalue weighted by atomic mass is 32.2. The summed E-state index contributed by atoms with van der Waals surface area (Å²) in [6.07, 6.45) is 1.29. The van der Waals surface area contributed by atoms with E-state index in [0.717, 1.165) is 17.7 Å². The predicted molar refractivity (Wildman–Crippen MR) is 106 cm³/mol. The quantitative estimate of drug-likeness (QED) is 0.792. The van der Waals surface area contributed by atoms with Crippen molar-refractivity contribution in [1.82, 2.24) is 10.2 Å². The van der Waals surface area contributed by atoms with Crippen molar-refractivity contribution in [2.75, 3.05) is 25.4 Å². The van der Waals surface area contributed by atoms with E-state index in [0.29, 0.717) is 25.4 Å². The van der Waals surface area contributed by atoms with Crippen molar-refractivity contribution in [2.45, 2.75) is 56.9 Å². The van der Waals surface area contributed by atoms with Gasteiger partial charge in [-0.1, -0.05) is 32.9 Å². The number of nitrogens with zero attached hydrogens (tertiary/aromatic N) is 1. The molecule has 0 aliphatic carbocycles. The van der Waals surface area contributed by atoms with E-state index in [1.54, 1.807) is 23.6 Å². The molecule has 0 spiro atoms. The molecule has 1 N–H and O–H groups in total. The molecule has 1 aliphatic heterocycles. The number of likely N-dealkylation sites (tertiary alicyclic amines) is 1. The Morgan fingerprint density at radius 1 is 1.19 bits per heavy atom. The minimum absolute atomic E-state index is 0.0458. The van der Waals surface area contributed by atoms with E-state index in [9.17, 15) is 9.59 Å². The average molecular weight is 379 g/mol. The molecule has 1 heterocycles. The predicted octanol–water partition coefficient (Wildman–Crippen LogP) is 3.81. The number of ether oxygens (including phenoxy) is 1. The Kier molecular flexibility index (Phi) is 7.38. The van der Waals surface area contributed by atoms with Gasteiger partial charge in [-0.2, -0.15) is 0 Å². The number of nitrogens with one attached hydrogen (secondary N) is 1. The maximum Gasteiger partial charge on any atom is 0.409 e. The van der Waals surface area contributed by atoms with Crippen LogP contribution in [0.4, 0.5) is 4.79 Å². The summed E-state index contributed by atoms with van der Waals surface area (Å²) in [6.45, 7) is 10.0. The third-order valence-corrected chi connectivity index (χ3v) is 5.49. The van der Waals surface area contributed by atoms with E-state index >= 15 is 0 Å². The number of carbonyl (C=O) groups excluding carboxylic acids is 2. The lowest BCUT2D eigenvalue weighted by Crippen LogP contribution is -2.47. The van der Waals surface area contributed by atoms with Gasteiger partial charge in [-0.25, -0.2) is 4.79 Å². The molecule has 144 valence electrons. The van der Waals surface area contributed by atoms with Gasteiger partial charge < -0.3 is 15.0 Å². The van der Waals surface area contributed by atoms with Gasteiger partial charge in [-0.3, -0.25) is 4.79 Å². The first-order chi connectivity index (χ1) is 12.3. The molecule has 1 fully saturated rings. The molecule has 0 aromatic heterocycles. The number of carbonyl (C=O) groups is 2. The molecule has 6 heteroatoms. The van der Waals surface area contributed by atoms with Gasteiger partial charge in [0.2, 0.25) is 5.91 Å². The van der Waals surface area contributed by atoms with Crippen LogP contribution in [0, 0.1) is 0 Å². The number of hydrogen-bond donors (Lipinski definition) is 1. The molecule has 1 aromatic rings. The first-order valence-corrected chi connectivity index (χ1v) is 10.2. The van der Waals surface area contributed by atoms with Crippen LogP contribution in [0.2, 0.25) is 0 Å². The second-order valence-electron chi connectivity index (χ2n) is 7.59. The fourth-order valence-corrected chi connectivity index (χ4v) is 3.60. The first kappa shape index (κ1) is 20.6. The molecule has 0 radical (unpaired) electrons. The molecule has 1 aliphatic rings. The standard InChI is InChI=1S/C20H30N2O3S/c1-5-25-19(24)22-12-10-16(11-13-22)21-18(23)14-26-17-8-6-15(7-9-17)20(2,3)4/h6-9,16H,5,10-14H2,1-4H3,(H,21,23). The van der Waals surface area contributed by atoms with Crippen LogP contribution in [0.3, 0.4) is 0 Å². The number of amides is 2. The Morgan fingerprint density at radius 3 is 2.35 bits per heavy atom. The van der Waals surface area contributed by atoms with Gasteiger partial charge in [-0.15, -0.1) is 11.8 Å². The Hall–Kier alpha value is -1.69. The van der Waals surface area contributed by atoms with Crippen LogP contribution in [-0.4, -0.2) is 48.4 Å². The molecule has 1 saturated heterocycles. The van der Waals surface area contributed by atoms with Crippen molar-refractivity contribution in [3.05, 3.63) is 29.8 Å². The van der Waals surface area contributed by atoms with Gasteiger partial charge in [0.15, 0.2) is 0 Å². The Bertz CT molecular complexity index is 602. The minimum atomic E-state index is -0.258. The van der Waals surface area contributed by atoms with Crippen LogP contribution < -0.4 is 5.32 Å². The Morgan fingerprint density at radius 2 is 1.81 bits per heavy atom. The van der Waals surface area contributed by atoms with Gasteiger partial charge >= 0.3 is 6.09 Å². The minimum Gasteiger partial charge on any atom is -0.450 e. The zero-order chi connectivity index (χ0) is 19.2. The summed E-state index contributed by atoms with van der Waals surface area (Å²) in [5.74, 6) is 0.455. The number of piperidine rings is 1. The van der Waals surface area contributed by atoms with Crippen LogP contribution in [0.5, 0.6) is 0 Å². The average Bonchev–Trinajstić information content (AvgIpc) is 2.60. The van der Waals surface area contributed by atoms with E-state index in [4.69, 9.17) is 4.74 Å². The summed E-state index contributed by atoms with van der Waals surface area (Å²) in [5, 5.41) is 3.08. The molecule has 0 atom stereocenters. The molecular formula is C20H30N2O3S. The fraction of sp³-hybridized carbons (Fsp3) is 0.600. The molecule has 0 saturated carbocycles.